The molecule has 2 aromatic carbocycles. The number of hydrogen-bond donors (Lipinski definition) is 3. The van der Waals surface area contributed by atoms with Crippen LogP contribution >= 0.6 is 23.2 Å². The molecule has 0 radical (unpaired) electrons. The van der Waals surface area contributed by atoms with Gasteiger partial charge in [-0.1, -0.05) is 42.3 Å². The topological polar surface area (TPSA) is 95.7 Å². The first kappa shape index (κ1) is 20.5. The van der Waals surface area contributed by atoms with Crippen LogP contribution in [-0.2, 0) is 16.1 Å². The van der Waals surface area contributed by atoms with Crippen molar-refractivity contribution in [3.8, 4) is 0 Å². The van der Waals surface area contributed by atoms with Crippen LogP contribution in [0.2, 0.25) is 10.0 Å². The summed E-state index contributed by atoms with van der Waals surface area (Å²) >= 11 is 12.6. The Labute approximate surface area is 173 Å². The van der Waals surface area contributed by atoms with Crippen molar-refractivity contribution in [3.05, 3.63) is 57.6 Å². The molecule has 2 atom stereocenters. The lowest BCUT2D eigenvalue weighted by molar-refractivity contribution is -0.138. The molecule has 2 unspecified atom stereocenters. The van der Waals surface area contributed by atoms with E-state index in [9.17, 15) is 14.7 Å². The Balaban J connectivity index is 2.15. The molecule has 0 aliphatic carbocycles. The Bertz CT molecular complexity index is 902. The molecule has 3 rings (SSSR count). The van der Waals surface area contributed by atoms with Gasteiger partial charge in [-0.15, -0.1) is 0 Å². The molecular formula is C20H21Cl2N3O3. The molecule has 8 heteroatoms. The monoisotopic (exact) mass is 421 g/mol. The van der Waals surface area contributed by atoms with Crippen LogP contribution in [0.1, 0.15) is 36.9 Å². The second-order valence-corrected chi connectivity index (χ2v) is 7.47. The predicted molar refractivity (Wildman–Crippen MR) is 111 cm³/mol. The number of carboxylic acid groups (broad SMARTS) is 1. The summed E-state index contributed by atoms with van der Waals surface area (Å²) in [4.78, 5) is 26.2. The maximum atomic E-state index is 12.9. The first-order chi connectivity index (χ1) is 13.3. The van der Waals surface area contributed by atoms with Crippen molar-refractivity contribution < 1.29 is 14.7 Å². The van der Waals surface area contributed by atoms with Gasteiger partial charge < -0.3 is 21.1 Å². The minimum absolute atomic E-state index is 0.131. The van der Waals surface area contributed by atoms with E-state index in [0.29, 0.717) is 33.5 Å². The van der Waals surface area contributed by atoms with Gasteiger partial charge in [0.15, 0.2) is 0 Å². The number of carboxylic acids is 1. The fraction of sp³-hybridized carbons (Fsp3) is 0.300. The third-order valence-electron chi connectivity index (χ3n) is 4.85. The number of nitrogens with one attached hydrogen (secondary N) is 1. The highest BCUT2D eigenvalue weighted by molar-refractivity contribution is 6.35. The molecule has 28 heavy (non-hydrogen) atoms. The standard InChI is InChI=1S/C20H21Cl2N3O3/c1-2-18(26)25(13-5-3-11(10-23)4-6-13)17-9-16(20(27)28)24-15-8-12(21)7-14(22)19(15)17/h3-8,16-17,24H,2,9-10,23H2,1H3,(H,27,28). The minimum atomic E-state index is -1.01. The van der Waals surface area contributed by atoms with Crippen LogP contribution < -0.4 is 16.0 Å². The lowest BCUT2D eigenvalue weighted by Crippen LogP contribution is -2.43. The number of fused-ring (bicyclic) bond motifs is 1. The molecule has 2 aromatic rings. The smallest absolute Gasteiger partial charge is 0.326 e. The normalized spacial score (nSPS) is 18.1. The largest absolute Gasteiger partial charge is 0.480 e. The molecule has 148 valence electrons. The Hall–Kier alpha value is -2.28. The van der Waals surface area contributed by atoms with Gasteiger partial charge in [-0.25, -0.2) is 4.79 Å². The quantitative estimate of drug-likeness (QED) is 0.671. The van der Waals surface area contributed by atoms with Gasteiger partial charge in [-0.2, -0.15) is 0 Å². The average molecular weight is 422 g/mol. The van der Waals surface area contributed by atoms with Crippen LogP contribution in [0.5, 0.6) is 0 Å². The highest BCUT2D eigenvalue weighted by atomic mass is 35.5. The van der Waals surface area contributed by atoms with E-state index in [1.807, 2.05) is 24.3 Å². The lowest BCUT2D eigenvalue weighted by atomic mass is 9.90. The summed E-state index contributed by atoms with van der Waals surface area (Å²) in [5, 5.41) is 13.3. The van der Waals surface area contributed by atoms with E-state index in [0.717, 1.165) is 5.56 Å². The van der Waals surface area contributed by atoms with Crippen molar-refractivity contribution in [2.45, 2.75) is 38.4 Å². The first-order valence-corrected chi connectivity index (χ1v) is 9.70. The highest BCUT2D eigenvalue weighted by Gasteiger charge is 2.38. The molecule has 0 fully saturated rings. The molecule has 0 saturated heterocycles. The van der Waals surface area contributed by atoms with E-state index in [4.69, 9.17) is 28.9 Å². The van der Waals surface area contributed by atoms with Crippen LogP contribution in [0.15, 0.2) is 36.4 Å². The van der Waals surface area contributed by atoms with E-state index in [1.54, 1.807) is 24.0 Å². The maximum Gasteiger partial charge on any atom is 0.326 e. The van der Waals surface area contributed by atoms with Crippen molar-refractivity contribution in [2.75, 3.05) is 10.2 Å². The fourth-order valence-corrected chi connectivity index (χ4v) is 4.11. The van der Waals surface area contributed by atoms with Gasteiger partial charge in [0.25, 0.3) is 0 Å². The molecule has 0 saturated carbocycles. The zero-order valence-corrected chi connectivity index (χ0v) is 16.8. The maximum absolute atomic E-state index is 12.9. The van der Waals surface area contributed by atoms with Crippen molar-refractivity contribution in [1.82, 2.24) is 0 Å². The zero-order valence-electron chi connectivity index (χ0n) is 15.3. The third-order valence-corrected chi connectivity index (χ3v) is 5.38. The zero-order chi connectivity index (χ0) is 20.4. The summed E-state index contributed by atoms with van der Waals surface area (Å²) in [5.41, 5.74) is 8.45. The van der Waals surface area contributed by atoms with Gasteiger partial charge in [0.05, 0.1) is 6.04 Å². The molecule has 0 bridgehead atoms. The van der Waals surface area contributed by atoms with E-state index >= 15 is 0 Å². The number of rotatable bonds is 5. The minimum Gasteiger partial charge on any atom is -0.480 e. The van der Waals surface area contributed by atoms with E-state index in [1.165, 1.54) is 0 Å². The summed E-state index contributed by atoms with van der Waals surface area (Å²) in [6.45, 7) is 2.16. The number of carbonyl (C=O) groups is 2. The van der Waals surface area contributed by atoms with Crippen molar-refractivity contribution in [1.29, 1.82) is 0 Å². The average Bonchev–Trinajstić information content (AvgIpc) is 2.67. The summed E-state index contributed by atoms with van der Waals surface area (Å²) in [6, 6.07) is 9.16. The molecule has 4 N–H and O–H groups in total. The Morgan fingerprint density at radius 3 is 2.50 bits per heavy atom. The van der Waals surface area contributed by atoms with Crippen LogP contribution in [-0.4, -0.2) is 23.0 Å². The second kappa shape index (κ2) is 8.39. The number of halogens is 2. The number of nitrogens with two attached hydrogens (primary N) is 1. The molecule has 1 amide bonds. The number of nitrogens with zero attached hydrogens (tertiary/aromatic N) is 1. The number of carbonyl (C=O) groups excluding carboxylic acids is 1. The summed E-state index contributed by atoms with van der Waals surface area (Å²) < 4.78 is 0. The number of hydrogen-bond acceptors (Lipinski definition) is 4. The first-order valence-electron chi connectivity index (χ1n) is 8.95. The van der Waals surface area contributed by atoms with Crippen LogP contribution in [0, 0.1) is 0 Å². The van der Waals surface area contributed by atoms with Gasteiger partial charge in [-0.05, 0) is 29.8 Å². The van der Waals surface area contributed by atoms with Crippen LogP contribution in [0.3, 0.4) is 0 Å². The van der Waals surface area contributed by atoms with E-state index in [-0.39, 0.29) is 18.7 Å². The fourth-order valence-electron chi connectivity index (χ4n) is 3.49. The Morgan fingerprint density at radius 1 is 1.25 bits per heavy atom. The Kier molecular flexibility index (Phi) is 6.13. The molecular weight excluding hydrogens is 401 g/mol. The Morgan fingerprint density at radius 2 is 1.93 bits per heavy atom. The van der Waals surface area contributed by atoms with Gasteiger partial charge in [0.1, 0.15) is 6.04 Å². The molecule has 6 nitrogen and oxygen atoms in total. The summed E-state index contributed by atoms with van der Waals surface area (Å²) in [5.74, 6) is -1.14. The van der Waals surface area contributed by atoms with Gasteiger partial charge in [-0.3, -0.25) is 4.79 Å². The molecule has 0 spiro atoms. The lowest BCUT2D eigenvalue weighted by Gasteiger charge is -2.39. The second-order valence-electron chi connectivity index (χ2n) is 6.62. The third kappa shape index (κ3) is 3.94. The molecule has 1 aliphatic rings. The van der Waals surface area contributed by atoms with Crippen molar-refractivity contribution in [2.24, 2.45) is 5.73 Å². The van der Waals surface area contributed by atoms with Crippen molar-refractivity contribution >= 4 is 46.5 Å². The van der Waals surface area contributed by atoms with Crippen molar-refractivity contribution in [3.63, 3.8) is 0 Å². The number of aliphatic carboxylic acids is 1. The van der Waals surface area contributed by atoms with Gasteiger partial charge in [0, 0.05) is 46.4 Å². The van der Waals surface area contributed by atoms with E-state index < -0.39 is 18.1 Å². The van der Waals surface area contributed by atoms with E-state index in [2.05, 4.69) is 5.32 Å². The molecule has 1 aliphatic heterocycles. The summed E-state index contributed by atoms with van der Waals surface area (Å²) in [6.07, 6.45) is 0.439. The number of benzene rings is 2. The van der Waals surface area contributed by atoms with Crippen LogP contribution in [0.25, 0.3) is 0 Å². The molecule has 1 heterocycles. The predicted octanol–water partition coefficient (Wildman–Crippen LogP) is 4.21. The number of amides is 1. The molecule has 0 aromatic heterocycles. The number of anilines is 2. The highest BCUT2D eigenvalue weighted by Crippen LogP contribution is 2.44. The van der Waals surface area contributed by atoms with Gasteiger partial charge >= 0.3 is 5.97 Å². The SMILES string of the molecule is CCC(=O)N(c1ccc(CN)cc1)C1CC(C(=O)O)Nc2cc(Cl)cc(Cl)c21. The van der Waals surface area contributed by atoms with Crippen LogP contribution in [0.4, 0.5) is 11.4 Å². The summed E-state index contributed by atoms with van der Waals surface area (Å²) in [7, 11) is 0. The van der Waals surface area contributed by atoms with Gasteiger partial charge in [0.2, 0.25) is 5.91 Å².